The minimum absolute atomic E-state index is 0.0967. The molecule has 3 aromatic rings. The summed E-state index contributed by atoms with van der Waals surface area (Å²) in [6, 6.07) is 12.7. The number of pyridine rings is 1. The lowest BCUT2D eigenvalue weighted by Crippen LogP contribution is -2.46. The molecule has 6 heteroatoms. The highest BCUT2D eigenvalue weighted by Crippen LogP contribution is 2.36. The Bertz CT molecular complexity index is 1160. The van der Waals surface area contributed by atoms with E-state index in [0.29, 0.717) is 24.0 Å². The molecule has 1 fully saturated rings. The molecule has 144 valence electrons. The van der Waals surface area contributed by atoms with E-state index in [-0.39, 0.29) is 11.2 Å². The SMILES string of the molecule is COc1ccc2oc(=O)cc(CN3C[C@H]4C[C@@H](C3)c3cccc(=O)n3C4)c2c1. The van der Waals surface area contributed by atoms with Gasteiger partial charge in [0.2, 0.25) is 0 Å². The molecule has 2 aliphatic rings. The molecule has 2 atom stereocenters. The first-order valence-corrected chi connectivity index (χ1v) is 9.63. The number of aromatic nitrogens is 1. The molecule has 0 saturated carbocycles. The standard InChI is InChI=1S/C22H22N2O4/c1-27-17-5-6-20-18(9-17)15(8-22(26)28-20)12-23-10-14-7-16(13-23)19-3-2-4-21(25)24(19)11-14/h2-6,8-9,14,16H,7,10-13H2,1H3/t14-,16+/m1/s1. The molecule has 2 bridgehead atoms. The quantitative estimate of drug-likeness (QED) is 0.656. The van der Waals surface area contributed by atoms with Gasteiger partial charge in [-0.2, -0.15) is 0 Å². The summed E-state index contributed by atoms with van der Waals surface area (Å²) in [5, 5.41) is 0.909. The van der Waals surface area contributed by atoms with Crippen LogP contribution in [0, 0.1) is 5.92 Å². The monoisotopic (exact) mass is 378 g/mol. The van der Waals surface area contributed by atoms with Gasteiger partial charge < -0.3 is 13.7 Å². The molecule has 0 amide bonds. The second-order valence-corrected chi connectivity index (χ2v) is 7.84. The highest BCUT2D eigenvalue weighted by molar-refractivity contribution is 5.81. The van der Waals surface area contributed by atoms with Crippen molar-refractivity contribution in [1.29, 1.82) is 0 Å². The number of benzene rings is 1. The van der Waals surface area contributed by atoms with Gasteiger partial charge in [-0.05, 0) is 42.2 Å². The van der Waals surface area contributed by atoms with Gasteiger partial charge in [-0.3, -0.25) is 9.69 Å². The summed E-state index contributed by atoms with van der Waals surface area (Å²) in [4.78, 5) is 26.6. The van der Waals surface area contributed by atoms with E-state index in [1.165, 1.54) is 0 Å². The van der Waals surface area contributed by atoms with Crippen LogP contribution < -0.4 is 15.9 Å². The zero-order valence-electron chi connectivity index (χ0n) is 15.8. The molecule has 1 aromatic carbocycles. The molecule has 0 unspecified atom stereocenters. The largest absolute Gasteiger partial charge is 0.497 e. The van der Waals surface area contributed by atoms with Gasteiger partial charge >= 0.3 is 5.63 Å². The Kier molecular flexibility index (Phi) is 4.09. The molecule has 0 aliphatic carbocycles. The number of methoxy groups -OCH3 is 1. The topological polar surface area (TPSA) is 64.7 Å². The summed E-state index contributed by atoms with van der Waals surface area (Å²) < 4.78 is 12.6. The van der Waals surface area contributed by atoms with Crippen molar-refractivity contribution >= 4 is 11.0 Å². The van der Waals surface area contributed by atoms with Gasteiger partial charge in [0.25, 0.3) is 5.56 Å². The Morgan fingerprint density at radius 2 is 2.00 bits per heavy atom. The van der Waals surface area contributed by atoms with Gasteiger partial charge in [0, 0.05) is 55.3 Å². The van der Waals surface area contributed by atoms with E-state index in [0.717, 1.165) is 48.4 Å². The minimum Gasteiger partial charge on any atom is -0.497 e. The van der Waals surface area contributed by atoms with Gasteiger partial charge in [-0.15, -0.1) is 0 Å². The van der Waals surface area contributed by atoms with E-state index in [2.05, 4.69) is 11.0 Å². The van der Waals surface area contributed by atoms with E-state index in [9.17, 15) is 9.59 Å². The van der Waals surface area contributed by atoms with Crippen LogP contribution in [-0.4, -0.2) is 29.7 Å². The lowest BCUT2D eigenvalue weighted by Gasteiger charge is -2.42. The van der Waals surface area contributed by atoms with Gasteiger partial charge in [-0.25, -0.2) is 4.79 Å². The number of ether oxygens (including phenoxy) is 1. The third kappa shape index (κ3) is 2.94. The third-order valence-corrected chi connectivity index (χ3v) is 5.98. The summed E-state index contributed by atoms with van der Waals surface area (Å²) in [6.45, 7) is 3.25. The molecule has 2 aliphatic heterocycles. The zero-order chi connectivity index (χ0) is 19.3. The third-order valence-electron chi connectivity index (χ3n) is 5.98. The maximum Gasteiger partial charge on any atom is 0.336 e. The van der Waals surface area contributed by atoms with Crippen LogP contribution in [0.25, 0.3) is 11.0 Å². The van der Waals surface area contributed by atoms with Crippen LogP contribution in [-0.2, 0) is 13.1 Å². The Labute approximate surface area is 162 Å². The van der Waals surface area contributed by atoms with Gasteiger partial charge in [-0.1, -0.05) is 6.07 Å². The summed E-state index contributed by atoms with van der Waals surface area (Å²) in [5.74, 6) is 1.54. The van der Waals surface area contributed by atoms with Crippen molar-refractivity contribution in [3.63, 3.8) is 0 Å². The van der Waals surface area contributed by atoms with Crippen LogP contribution in [0.3, 0.4) is 0 Å². The molecule has 0 spiro atoms. The summed E-state index contributed by atoms with van der Waals surface area (Å²) in [6.07, 6.45) is 1.12. The molecule has 0 radical (unpaired) electrons. The predicted molar refractivity (Wildman–Crippen MR) is 106 cm³/mol. The lowest BCUT2D eigenvalue weighted by molar-refractivity contribution is 0.114. The van der Waals surface area contributed by atoms with Crippen molar-refractivity contribution in [3.05, 3.63) is 74.5 Å². The van der Waals surface area contributed by atoms with Crippen molar-refractivity contribution in [3.8, 4) is 5.75 Å². The fourth-order valence-electron chi connectivity index (χ4n) is 4.83. The van der Waals surface area contributed by atoms with E-state index in [1.54, 1.807) is 31.4 Å². The molecule has 0 N–H and O–H groups in total. The fraction of sp³-hybridized carbons (Fsp3) is 0.364. The molecule has 28 heavy (non-hydrogen) atoms. The number of nitrogens with zero attached hydrogens (tertiary/aromatic N) is 2. The number of fused-ring (bicyclic) bond motifs is 5. The number of piperidine rings is 1. The van der Waals surface area contributed by atoms with Crippen molar-refractivity contribution < 1.29 is 9.15 Å². The molecular formula is C22H22N2O4. The first-order chi connectivity index (χ1) is 13.6. The highest BCUT2D eigenvalue weighted by Gasteiger charge is 2.34. The number of hydrogen-bond acceptors (Lipinski definition) is 5. The Morgan fingerprint density at radius 1 is 1.11 bits per heavy atom. The minimum atomic E-state index is -0.332. The van der Waals surface area contributed by atoms with Gasteiger partial charge in [0.05, 0.1) is 7.11 Å². The number of hydrogen-bond donors (Lipinski definition) is 0. The van der Waals surface area contributed by atoms with Crippen LogP contribution >= 0.6 is 0 Å². The average molecular weight is 378 g/mol. The second-order valence-electron chi connectivity index (χ2n) is 7.84. The van der Waals surface area contributed by atoms with Crippen molar-refractivity contribution in [2.75, 3.05) is 20.2 Å². The van der Waals surface area contributed by atoms with Crippen LogP contribution in [0.15, 0.2) is 56.5 Å². The first kappa shape index (κ1) is 17.3. The van der Waals surface area contributed by atoms with Crippen molar-refractivity contribution in [2.45, 2.75) is 25.4 Å². The average Bonchev–Trinajstić information content (AvgIpc) is 2.68. The van der Waals surface area contributed by atoms with E-state index < -0.39 is 0 Å². The molecule has 5 rings (SSSR count). The molecule has 1 saturated heterocycles. The van der Waals surface area contributed by atoms with Gasteiger partial charge in [0.1, 0.15) is 11.3 Å². The molecule has 6 nitrogen and oxygen atoms in total. The maximum atomic E-state index is 12.2. The van der Waals surface area contributed by atoms with Gasteiger partial charge in [0.15, 0.2) is 0 Å². The van der Waals surface area contributed by atoms with E-state index in [1.807, 2.05) is 16.7 Å². The predicted octanol–water partition coefficient (Wildman–Crippen LogP) is 2.58. The van der Waals surface area contributed by atoms with E-state index >= 15 is 0 Å². The zero-order valence-corrected chi connectivity index (χ0v) is 15.8. The lowest BCUT2D eigenvalue weighted by atomic mass is 9.83. The molecule has 4 heterocycles. The Balaban J connectivity index is 1.48. The van der Waals surface area contributed by atoms with Crippen molar-refractivity contribution in [1.82, 2.24) is 9.47 Å². The van der Waals surface area contributed by atoms with Crippen LogP contribution in [0.1, 0.15) is 23.6 Å². The molecular weight excluding hydrogens is 356 g/mol. The maximum absolute atomic E-state index is 12.2. The smallest absolute Gasteiger partial charge is 0.336 e. The summed E-state index contributed by atoms with van der Waals surface area (Å²) >= 11 is 0. The normalized spacial score (nSPS) is 21.5. The Morgan fingerprint density at radius 3 is 2.86 bits per heavy atom. The highest BCUT2D eigenvalue weighted by atomic mass is 16.5. The van der Waals surface area contributed by atoms with Crippen LogP contribution in [0.4, 0.5) is 0 Å². The first-order valence-electron chi connectivity index (χ1n) is 9.63. The Hall–Kier alpha value is -2.86. The van der Waals surface area contributed by atoms with Crippen LogP contribution in [0.5, 0.6) is 5.75 Å². The summed E-state index contributed by atoms with van der Waals surface area (Å²) in [5.41, 5.74) is 2.43. The van der Waals surface area contributed by atoms with E-state index in [4.69, 9.17) is 9.15 Å². The number of rotatable bonds is 3. The summed E-state index contributed by atoms with van der Waals surface area (Å²) in [7, 11) is 1.63. The fourth-order valence-corrected chi connectivity index (χ4v) is 4.83. The molecule has 2 aromatic heterocycles. The number of likely N-dealkylation sites (tertiary alicyclic amines) is 1. The van der Waals surface area contributed by atoms with Crippen molar-refractivity contribution in [2.24, 2.45) is 5.92 Å². The van der Waals surface area contributed by atoms with Crippen LogP contribution in [0.2, 0.25) is 0 Å². The second kappa shape index (κ2) is 6.63.